The first kappa shape index (κ1) is 18.6. The third-order valence-electron chi connectivity index (χ3n) is 6.94. The van der Waals surface area contributed by atoms with Gasteiger partial charge in [-0.05, 0) is 62.0 Å². The zero-order valence-electron chi connectivity index (χ0n) is 16.3. The van der Waals surface area contributed by atoms with Crippen LogP contribution < -0.4 is 5.32 Å². The Morgan fingerprint density at radius 3 is 2.79 bits per heavy atom. The molecule has 0 spiro atoms. The smallest absolute Gasteiger partial charge is 0.253 e. The number of halogens is 1. The fourth-order valence-electron chi connectivity index (χ4n) is 5.14. The van der Waals surface area contributed by atoms with Crippen molar-refractivity contribution in [2.24, 2.45) is 11.3 Å². The Morgan fingerprint density at radius 2 is 2.07 bits per heavy atom. The lowest BCUT2D eigenvalue weighted by molar-refractivity contribution is 0.0598. The van der Waals surface area contributed by atoms with Crippen molar-refractivity contribution >= 4 is 28.4 Å². The SMILES string of the molecule is O=C(NCC12CCC(CC1)CC2)c1cn(CCc2nn[nH]n2)c2cccc(Cl)c12. The molecule has 3 saturated carbocycles. The first-order valence-corrected chi connectivity index (χ1v) is 10.8. The van der Waals surface area contributed by atoms with Crippen molar-refractivity contribution in [3.63, 3.8) is 0 Å². The number of aromatic amines is 1. The highest BCUT2D eigenvalue weighted by molar-refractivity contribution is 6.36. The van der Waals surface area contributed by atoms with Crippen LogP contribution in [0, 0.1) is 11.3 Å². The molecule has 1 aromatic carbocycles. The van der Waals surface area contributed by atoms with Gasteiger partial charge in [-0.3, -0.25) is 4.79 Å². The number of fused-ring (bicyclic) bond motifs is 4. The van der Waals surface area contributed by atoms with Gasteiger partial charge in [0, 0.05) is 31.1 Å². The number of tetrazole rings is 1. The minimum atomic E-state index is -0.0384. The van der Waals surface area contributed by atoms with Crippen molar-refractivity contribution in [1.29, 1.82) is 0 Å². The second kappa shape index (κ2) is 7.44. The number of amides is 1. The van der Waals surface area contributed by atoms with Crippen LogP contribution in [0.5, 0.6) is 0 Å². The average molecular weight is 413 g/mol. The Balaban J connectivity index is 1.37. The van der Waals surface area contributed by atoms with Gasteiger partial charge in [0.1, 0.15) is 0 Å². The monoisotopic (exact) mass is 412 g/mol. The normalized spacial score (nSPS) is 23.6. The van der Waals surface area contributed by atoms with E-state index in [-0.39, 0.29) is 5.91 Å². The molecule has 2 heterocycles. The second-order valence-corrected chi connectivity index (χ2v) is 9.02. The van der Waals surface area contributed by atoms with E-state index in [1.165, 1.54) is 38.5 Å². The molecule has 2 N–H and O–H groups in total. The summed E-state index contributed by atoms with van der Waals surface area (Å²) < 4.78 is 2.05. The fraction of sp³-hybridized carbons (Fsp3) is 0.524. The van der Waals surface area contributed by atoms with E-state index in [2.05, 4.69) is 30.5 Å². The van der Waals surface area contributed by atoms with Crippen molar-refractivity contribution in [3.05, 3.63) is 40.8 Å². The van der Waals surface area contributed by atoms with Gasteiger partial charge in [0.2, 0.25) is 0 Å². The zero-order chi connectivity index (χ0) is 19.8. The summed E-state index contributed by atoms with van der Waals surface area (Å²) >= 11 is 6.50. The van der Waals surface area contributed by atoms with Gasteiger partial charge in [0.05, 0.1) is 16.1 Å². The summed E-state index contributed by atoms with van der Waals surface area (Å²) in [5.41, 5.74) is 1.88. The largest absolute Gasteiger partial charge is 0.351 e. The Labute approximate surface area is 174 Å². The van der Waals surface area contributed by atoms with Gasteiger partial charge >= 0.3 is 0 Å². The number of rotatable bonds is 6. The summed E-state index contributed by atoms with van der Waals surface area (Å²) in [5, 5.41) is 18.7. The van der Waals surface area contributed by atoms with Gasteiger partial charge in [0.15, 0.2) is 5.82 Å². The molecule has 152 valence electrons. The standard InChI is InChI=1S/C21H25ClN6O/c22-16-2-1-3-17-19(16)15(12-28(17)11-7-18-24-26-27-25-18)20(29)23-13-21-8-4-14(5-9-21)6-10-21/h1-3,12,14H,4-11,13H2,(H,23,29)(H,24,25,26,27). The minimum absolute atomic E-state index is 0.0384. The Morgan fingerprint density at radius 1 is 1.28 bits per heavy atom. The van der Waals surface area contributed by atoms with E-state index in [4.69, 9.17) is 11.6 Å². The molecule has 0 aliphatic heterocycles. The van der Waals surface area contributed by atoms with Gasteiger partial charge in [-0.1, -0.05) is 22.9 Å². The maximum absolute atomic E-state index is 13.1. The van der Waals surface area contributed by atoms with Gasteiger partial charge in [-0.2, -0.15) is 5.21 Å². The number of hydrogen-bond donors (Lipinski definition) is 2. The summed E-state index contributed by atoms with van der Waals surface area (Å²) in [6, 6.07) is 5.75. The second-order valence-electron chi connectivity index (χ2n) is 8.61. The Bertz CT molecular complexity index is 1010. The van der Waals surface area contributed by atoms with Crippen LogP contribution in [0.15, 0.2) is 24.4 Å². The van der Waals surface area contributed by atoms with Crippen molar-refractivity contribution < 1.29 is 4.79 Å². The number of carbonyl (C=O) groups excluding carboxylic acids is 1. The predicted molar refractivity (Wildman–Crippen MR) is 111 cm³/mol. The number of aryl methyl sites for hydroxylation is 2. The molecule has 0 unspecified atom stereocenters. The lowest BCUT2D eigenvalue weighted by atomic mass is 9.61. The fourth-order valence-corrected chi connectivity index (χ4v) is 5.41. The molecular weight excluding hydrogens is 388 g/mol. The zero-order valence-corrected chi connectivity index (χ0v) is 17.1. The molecule has 1 amide bonds. The van der Waals surface area contributed by atoms with E-state index < -0.39 is 0 Å². The maximum Gasteiger partial charge on any atom is 0.253 e. The number of aromatic nitrogens is 5. The molecule has 3 aliphatic rings. The summed E-state index contributed by atoms with van der Waals surface area (Å²) in [5.74, 6) is 1.53. The molecule has 29 heavy (non-hydrogen) atoms. The van der Waals surface area contributed by atoms with E-state index in [0.717, 1.165) is 23.4 Å². The van der Waals surface area contributed by atoms with E-state index >= 15 is 0 Å². The molecule has 0 radical (unpaired) electrons. The van der Waals surface area contributed by atoms with E-state index in [9.17, 15) is 4.79 Å². The maximum atomic E-state index is 13.1. The number of H-pyrrole nitrogens is 1. The topological polar surface area (TPSA) is 88.5 Å². The quantitative estimate of drug-likeness (QED) is 0.645. The van der Waals surface area contributed by atoms with Crippen LogP contribution in [0.4, 0.5) is 0 Å². The van der Waals surface area contributed by atoms with Crippen molar-refractivity contribution in [1.82, 2.24) is 30.5 Å². The lowest BCUT2D eigenvalue weighted by Gasteiger charge is -2.46. The molecule has 0 saturated heterocycles. The lowest BCUT2D eigenvalue weighted by Crippen LogP contribution is -2.43. The van der Waals surface area contributed by atoms with Gasteiger partial charge < -0.3 is 9.88 Å². The highest BCUT2D eigenvalue weighted by atomic mass is 35.5. The van der Waals surface area contributed by atoms with Crippen LogP contribution in [-0.4, -0.2) is 37.6 Å². The number of carbonyl (C=O) groups is 1. The summed E-state index contributed by atoms with van der Waals surface area (Å²) in [4.78, 5) is 13.1. The first-order chi connectivity index (χ1) is 14.1. The summed E-state index contributed by atoms with van der Waals surface area (Å²) in [6.45, 7) is 1.41. The third-order valence-corrected chi connectivity index (χ3v) is 7.25. The molecule has 3 aliphatic carbocycles. The molecule has 2 aromatic heterocycles. The summed E-state index contributed by atoms with van der Waals surface area (Å²) in [6.07, 6.45) is 10.2. The number of nitrogens with one attached hydrogen (secondary N) is 2. The molecule has 2 bridgehead atoms. The van der Waals surface area contributed by atoms with E-state index in [0.29, 0.717) is 34.8 Å². The van der Waals surface area contributed by atoms with Gasteiger partial charge in [-0.25, -0.2) is 0 Å². The average Bonchev–Trinajstić information content (AvgIpc) is 3.40. The van der Waals surface area contributed by atoms with Crippen LogP contribution in [0.1, 0.15) is 54.7 Å². The van der Waals surface area contributed by atoms with Crippen LogP contribution in [0.3, 0.4) is 0 Å². The van der Waals surface area contributed by atoms with Crippen molar-refractivity contribution in [2.45, 2.75) is 51.5 Å². The highest BCUT2D eigenvalue weighted by Crippen LogP contribution is 2.49. The van der Waals surface area contributed by atoms with Crippen LogP contribution in [0.25, 0.3) is 10.9 Å². The predicted octanol–water partition coefficient (Wildman–Crippen LogP) is 3.75. The Hall–Kier alpha value is -2.41. The van der Waals surface area contributed by atoms with E-state index in [1.807, 2.05) is 24.4 Å². The number of benzene rings is 1. The molecule has 3 fully saturated rings. The molecular formula is C21H25ClN6O. The minimum Gasteiger partial charge on any atom is -0.351 e. The summed E-state index contributed by atoms with van der Waals surface area (Å²) in [7, 11) is 0. The highest BCUT2D eigenvalue weighted by Gasteiger charge is 2.40. The first-order valence-electron chi connectivity index (χ1n) is 10.4. The third kappa shape index (κ3) is 3.52. The van der Waals surface area contributed by atoms with Gasteiger partial charge in [-0.15, -0.1) is 10.2 Å². The van der Waals surface area contributed by atoms with Crippen LogP contribution in [0.2, 0.25) is 5.02 Å². The Kier molecular flexibility index (Phi) is 4.78. The molecule has 7 nitrogen and oxygen atoms in total. The van der Waals surface area contributed by atoms with Crippen LogP contribution >= 0.6 is 11.6 Å². The molecule has 0 atom stereocenters. The molecule has 6 rings (SSSR count). The molecule has 8 heteroatoms. The van der Waals surface area contributed by atoms with Crippen molar-refractivity contribution in [2.75, 3.05) is 6.54 Å². The van der Waals surface area contributed by atoms with Gasteiger partial charge in [0.25, 0.3) is 5.91 Å². The van der Waals surface area contributed by atoms with Crippen molar-refractivity contribution in [3.8, 4) is 0 Å². The van der Waals surface area contributed by atoms with Crippen LogP contribution in [-0.2, 0) is 13.0 Å². The van der Waals surface area contributed by atoms with E-state index in [1.54, 1.807) is 0 Å². The number of hydrogen-bond acceptors (Lipinski definition) is 4. The number of nitrogens with zero attached hydrogens (tertiary/aromatic N) is 4. The molecule has 3 aromatic rings.